The van der Waals surface area contributed by atoms with Crippen LogP contribution in [0, 0.1) is 5.92 Å². The molecule has 0 unspecified atom stereocenters. The van der Waals surface area contributed by atoms with Crippen molar-refractivity contribution in [2.75, 3.05) is 25.5 Å². The van der Waals surface area contributed by atoms with E-state index in [2.05, 4.69) is 21.3 Å². The van der Waals surface area contributed by atoms with Gasteiger partial charge in [-0.15, -0.1) is 0 Å². The number of anilines is 2. The Morgan fingerprint density at radius 1 is 1.13 bits per heavy atom. The summed E-state index contributed by atoms with van der Waals surface area (Å²) >= 11 is 0. The highest BCUT2D eigenvalue weighted by Crippen LogP contribution is 2.38. The van der Waals surface area contributed by atoms with Crippen LogP contribution in [0.5, 0.6) is 5.75 Å². The van der Waals surface area contributed by atoms with Gasteiger partial charge in [0.15, 0.2) is 5.82 Å². The first-order valence-corrected chi connectivity index (χ1v) is 15.7. The number of likely N-dealkylation sites (tertiary alicyclic amines) is 1. The number of nitrogens with one attached hydrogen (secondary N) is 2. The smallest absolute Gasteiger partial charge is 0.254 e. The largest absolute Gasteiger partial charge is 0.494 e. The first-order chi connectivity index (χ1) is 22.2. The van der Waals surface area contributed by atoms with Crippen LogP contribution in [-0.2, 0) is 20.1 Å². The molecule has 5 aromatic rings. The fourth-order valence-electron chi connectivity index (χ4n) is 6.81. The Bertz CT molecular complexity index is 2040. The van der Waals surface area contributed by atoms with Crippen LogP contribution in [0.3, 0.4) is 0 Å². The summed E-state index contributed by atoms with van der Waals surface area (Å²) in [5.41, 5.74) is 12.0. The minimum atomic E-state index is -1.15. The lowest BCUT2D eigenvalue weighted by Gasteiger charge is -2.33. The van der Waals surface area contributed by atoms with Crippen molar-refractivity contribution >= 4 is 45.4 Å². The third-order valence-electron chi connectivity index (χ3n) is 9.30. The summed E-state index contributed by atoms with van der Waals surface area (Å²) in [5, 5.41) is 7.22. The Morgan fingerprint density at radius 3 is 2.76 bits per heavy atom. The van der Waals surface area contributed by atoms with Gasteiger partial charge in [0.1, 0.15) is 28.9 Å². The molecule has 12 heteroatoms. The summed E-state index contributed by atoms with van der Waals surface area (Å²) in [6, 6.07) is 14.9. The zero-order valence-corrected chi connectivity index (χ0v) is 25.7. The monoisotopic (exact) mass is 622 g/mol. The molecule has 8 rings (SSSR count). The van der Waals surface area contributed by atoms with Gasteiger partial charge in [-0.25, -0.2) is 14.4 Å². The molecule has 236 valence electrons. The average Bonchev–Trinajstić information content (AvgIpc) is 3.58. The molecule has 0 radical (unpaired) electrons. The van der Waals surface area contributed by atoms with Crippen LogP contribution in [0.25, 0.3) is 33.6 Å². The molecule has 46 heavy (non-hydrogen) atoms. The summed E-state index contributed by atoms with van der Waals surface area (Å²) < 4.78 is 24.3. The zero-order chi connectivity index (χ0) is 31.7. The molecule has 2 atom stereocenters. The van der Waals surface area contributed by atoms with Gasteiger partial charge in [0.05, 0.1) is 24.9 Å². The van der Waals surface area contributed by atoms with E-state index in [4.69, 9.17) is 20.4 Å². The number of rotatable bonds is 7. The molecule has 2 aliphatic heterocycles. The highest BCUT2D eigenvalue weighted by molar-refractivity contribution is 6.01. The number of fused-ring (bicyclic) bond motifs is 3. The number of amides is 2. The number of nitrogens with two attached hydrogens (primary N) is 1. The Kier molecular flexibility index (Phi) is 6.71. The standard InChI is InChI=1S/C34H35FN8O3/c1-41-30-26(9-21(11-28(30)46-2)34(45)42-16-22(35)12-23(36)17-42)39-32(41)27-10-19-6-8-29(40-31(19)43(27)15-18-3-4-18)38-24-7-5-20-14-37-33(44)25(20)13-24/h5-11,13,18,22-23H,3-4,12,14-17,36H2,1-2H3,(H,37,44)(H,38,40)/t22-,23-/m1/s1. The Morgan fingerprint density at radius 2 is 1.98 bits per heavy atom. The second kappa shape index (κ2) is 10.8. The van der Waals surface area contributed by atoms with Crippen molar-refractivity contribution in [3.8, 4) is 17.3 Å². The number of imidazole rings is 1. The molecule has 1 saturated heterocycles. The van der Waals surface area contributed by atoms with Gasteiger partial charge >= 0.3 is 0 Å². The number of hydrogen-bond acceptors (Lipinski definition) is 7. The number of piperidine rings is 1. The van der Waals surface area contributed by atoms with E-state index in [1.54, 1.807) is 19.2 Å². The topological polar surface area (TPSA) is 132 Å². The number of nitrogens with zero attached hydrogens (tertiary/aromatic N) is 5. The molecule has 1 aliphatic carbocycles. The van der Waals surface area contributed by atoms with Crippen LogP contribution in [0.2, 0.25) is 0 Å². The molecule has 2 aromatic carbocycles. The van der Waals surface area contributed by atoms with Crippen molar-refractivity contribution in [2.24, 2.45) is 18.7 Å². The average molecular weight is 623 g/mol. The Hall–Kier alpha value is -4.97. The molecule has 4 N–H and O–H groups in total. The number of aryl methyl sites for hydroxylation is 1. The molecule has 1 saturated carbocycles. The van der Waals surface area contributed by atoms with Crippen molar-refractivity contribution in [1.82, 2.24) is 29.3 Å². The Balaban J connectivity index is 1.18. The maximum Gasteiger partial charge on any atom is 0.254 e. The lowest BCUT2D eigenvalue weighted by atomic mass is 10.0. The van der Waals surface area contributed by atoms with Crippen LogP contribution in [0.1, 0.15) is 45.5 Å². The van der Waals surface area contributed by atoms with Crippen LogP contribution in [0.15, 0.2) is 48.5 Å². The number of hydrogen-bond donors (Lipinski definition) is 3. The predicted octanol–water partition coefficient (Wildman–Crippen LogP) is 4.51. The second-order valence-corrected chi connectivity index (χ2v) is 12.7. The molecule has 5 heterocycles. The number of carbonyl (C=O) groups is 2. The van der Waals surface area contributed by atoms with Crippen LogP contribution < -0.4 is 21.1 Å². The molecular weight excluding hydrogens is 587 g/mol. The van der Waals surface area contributed by atoms with Crippen LogP contribution in [0.4, 0.5) is 15.9 Å². The van der Waals surface area contributed by atoms with Crippen LogP contribution >= 0.6 is 0 Å². The van der Waals surface area contributed by atoms with Crippen molar-refractivity contribution in [3.05, 3.63) is 65.2 Å². The van der Waals surface area contributed by atoms with Crippen molar-refractivity contribution in [2.45, 2.75) is 44.6 Å². The minimum Gasteiger partial charge on any atom is -0.494 e. The van der Waals surface area contributed by atoms with E-state index in [0.29, 0.717) is 47.2 Å². The number of ether oxygens (including phenoxy) is 1. The highest BCUT2D eigenvalue weighted by Gasteiger charge is 2.31. The molecule has 3 aliphatic rings. The van der Waals surface area contributed by atoms with E-state index < -0.39 is 12.2 Å². The highest BCUT2D eigenvalue weighted by atomic mass is 19.1. The molecular formula is C34H35FN8O3. The quantitative estimate of drug-likeness (QED) is 0.243. The van der Waals surface area contributed by atoms with Crippen LogP contribution in [-0.4, -0.2) is 68.2 Å². The fourth-order valence-corrected chi connectivity index (χ4v) is 6.81. The molecule has 0 bridgehead atoms. The molecule has 0 spiro atoms. The number of alkyl halides is 1. The minimum absolute atomic E-state index is 0.0211. The molecule has 2 amide bonds. The fraction of sp³-hybridized carbons (Fsp3) is 0.353. The number of carbonyl (C=O) groups excluding carboxylic acids is 2. The predicted molar refractivity (Wildman–Crippen MR) is 173 cm³/mol. The number of benzene rings is 2. The van der Waals surface area contributed by atoms with E-state index in [0.717, 1.165) is 58.7 Å². The van der Waals surface area contributed by atoms with E-state index in [9.17, 15) is 14.0 Å². The molecule has 11 nitrogen and oxygen atoms in total. The van der Waals surface area contributed by atoms with Gasteiger partial charge in [-0.1, -0.05) is 6.07 Å². The molecule has 3 aromatic heterocycles. The second-order valence-electron chi connectivity index (χ2n) is 12.7. The van der Waals surface area contributed by atoms with Gasteiger partial charge in [-0.2, -0.15) is 0 Å². The summed E-state index contributed by atoms with van der Waals surface area (Å²) in [5.74, 6) is 2.12. The SMILES string of the molecule is COc1cc(C(=O)N2C[C@H](N)C[C@@H](F)C2)cc2nc(-c3cc4ccc(Nc5ccc6c(c5)C(=O)NC6)nc4n3CC3CC3)n(C)c12. The third-order valence-corrected chi connectivity index (χ3v) is 9.30. The summed E-state index contributed by atoms with van der Waals surface area (Å²) in [6.07, 6.45) is 1.43. The van der Waals surface area contributed by atoms with E-state index >= 15 is 0 Å². The summed E-state index contributed by atoms with van der Waals surface area (Å²) in [6.45, 7) is 1.68. The normalized spacial score (nSPS) is 19.5. The van der Waals surface area contributed by atoms with Crippen molar-refractivity contribution in [3.63, 3.8) is 0 Å². The maximum absolute atomic E-state index is 14.3. The molecule has 2 fully saturated rings. The van der Waals surface area contributed by atoms with Gasteiger partial charge in [-0.05, 0) is 73.2 Å². The van der Waals surface area contributed by atoms with Gasteiger partial charge in [0.25, 0.3) is 11.8 Å². The lowest BCUT2D eigenvalue weighted by molar-refractivity contribution is 0.0606. The van der Waals surface area contributed by atoms with Gasteiger partial charge in [-0.3, -0.25) is 9.59 Å². The third kappa shape index (κ3) is 4.93. The van der Waals surface area contributed by atoms with Gasteiger partial charge in [0.2, 0.25) is 0 Å². The lowest BCUT2D eigenvalue weighted by Crippen LogP contribution is -2.50. The zero-order valence-electron chi connectivity index (χ0n) is 25.7. The Labute approximate surface area is 264 Å². The number of aromatic nitrogens is 4. The van der Waals surface area contributed by atoms with Gasteiger partial charge < -0.3 is 35.1 Å². The first kappa shape index (κ1) is 28.5. The number of pyridine rings is 1. The van der Waals surface area contributed by atoms with Gasteiger partial charge in [0, 0.05) is 54.9 Å². The summed E-state index contributed by atoms with van der Waals surface area (Å²) in [4.78, 5) is 37.2. The maximum atomic E-state index is 14.3. The first-order valence-electron chi connectivity index (χ1n) is 15.7. The van der Waals surface area contributed by atoms with E-state index in [-0.39, 0.29) is 24.8 Å². The van der Waals surface area contributed by atoms with E-state index in [1.165, 1.54) is 4.90 Å². The van der Waals surface area contributed by atoms with E-state index in [1.807, 2.05) is 41.9 Å². The number of halogens is 1. The van der Waals surface area contributed by atoms with Crippen molar-refractivity contribution < 1.29 is 18.7 Å². The number of methoxy groups -OCH3 is 1. The van der Waals surface area contributed by atoms with Crippen molar-refractivity contribution in [1.29, 1.82) is 0 Å². The summed E-state index contributed by atoms with van der Waals surface area (Å²) in [7, 11) is 3.51.